The summed E-state index contributed by atoms with van der Waals surface area (Å²) >= 11 is 0. The van der Waals surface area contributed by atoms with E-state index in [0.717, 1.165) is 12.8 Å². The van der Waals surface area contributed by atoms with Gasteiger partial charge in [0.15, 0.2) is 9.84 Å². The summed E-state index contributed by atoms with van der Waals surface area (Å²) in [7, 11) is -3.00. The maximum absolute atomic E-state index is 11.6. The van der Waals surface area contributed by atoms with E-state index in [1.165, 1.54) is 0 Å². The van der Waals surface area contributed by atoms with Gasteiger partial charge in [-0.15, -0.1) is 0 Å². The second kappa shape index (κ2) is 4.26. The van der Waals surface area contributed by atoms with E-state index in [1.54, 1.807) is 0 Å². The molecule has 1 heterocycles. The largest absolute Gasteiger partial charge is 0.481 e. The average Bonchev–Trinajstić information content (AvgIpc) is 2.58. The van der Waals surface area contributed by atoms with Crippen LogP contribution in [-0.2, 0) is 14.6 Å². The van der Waals surface area contributed by atoms with E-state index in [4.69, 9.17) is 0 Å². The molecule has 0 aromatic carbocycles. The number of carbonyl (C=O) groups is 1. The predicted molar refractivity (Wildman–Crippen MR) is 64.5 cm³/mol. The molecular weight excluding hydrogens is 240 g/mol. The number of sulfone groups is 1. The van der Waals surface area contributed by atoms with Crippen molar-refractivity contribution in [3.05, 3.63) is 0 Å². The summed E-state index contributed by atoms with van der Waals surface area (Å²) in [6.07, 6.45) is 3.79. The van der Waals surface area contributed by atoms with Crippen LogP contribution in [0.3, 0.4) is 0 Å². The van der Waals surface area contributed by atoms with Gasteiger partial charge < -0.3 is 5.11 Å². The summed E-state index contributed by atoms with van der Waals surface area (Å²) < 4.78 is 23.1. The topological polar surface area (TPSA) is 71.4 Å². The minimum absolute atomic E-state index is 0.0754. The lowest BCUT2D eigenvalue weighted by Gasteiger charge is -2.40. The van der Waals surface area contributed by atoms with Gasteiger partial charge in [0.25, 0.3) is 0 Å². The van der Waals surface area contributed by atoms with Crippen molar-refractivity contribution in [2.24, 2.45) is 17.3 Å². The first-order valence-corrected chi connectivity index (χ1v) is 8.12. The molecule has 1 saturated carbocycles. The monoisotopic (exact) mass is 260 g/mol. The van der Waals surface area contributed by atoms with Crippen LogP contribution in [0.5, 0.6) is 0 Å². The summed E-state index contributed by atoms with van der Waals surface area (Å²) in [5.41, 5.74) is -0.777. The summed E-state index contributed by atoms with van der Waals surface area (Å²) in [5, 5.41) is 9.54. The lowest BCUT2D eigenvalue weighted by molar-refractivity contribution is -0.156. The number of rotatable bonds is 2. The van der Waals surface area contributed by atoms with E-state index in [9.17, 15) is 18.3 Å². The van der Waals surface area contributed by atoms with Gasteiger partial charge in [-0.3, -0.25) is 4.79 Å². The number of carboxylic acid groups (broad SMARTS) is 1. The molecule has 3 unspecified atom stereocenters. The average molecular weight is 260 g/mol. The highest BCUT2D eigenvalue weighted by molar-refractivity contribution is 7.91. The van der Waals surface area contributed by atoms with Gasteiger partial charge >= 0.3 is 5.97 Å². The highest BCUT2D eigenvalue weighted by Gasteiger charge is 2.51. The second-order valence-electron chi connectivity index (χ2n) is 5.76. The van der Waals surface area contributed by atoms with Crippen LogP contribution < -0.4 is 0 Å². The molecule has 0 aromatic rings. The van der Waals surface area contributed by atoms with Crippen molar-refractivity contribution in [2.45, 2.75) is 39.0 Å². The fourth-order valence-electron chi connectivity index (χ4n) is 3.56. The fraction of sp³-hybridized carbons (Fsp3) is 0.917. The van der Waals surface area contributed by atoms with Crippen LogP contribution >= 0.6 is 0 Å². The molecule has 0 amide bonds. The predicted octanol–water partition coefficient (Wildman–Crippen LogP) is 1.70. The molecule has 0 spiro atoms. The molecule has 2 aliphatic rings. The van der Waals surface area contributed by atoms with Crippen LogP contribution in [0.15, 0.2) is 0 Å². The number of carboxylic acids is 1. The van der Waals surface area contributed by atoms with Crippen molar-refractivity contribution >= 4 is 15.8 Å². The maximum atomic E-state index is 11.6. The van der Waals surface area contributed by atoms with Gasteiger partial charge in [0, 0.05) is 0 Å². The third-order valence-corrected chi connectivity index (χ3v) is 6.24. The van der Waals surface area contributed by atoms with E-state index < -0.39 is 21.2 Å². The van der Waals surface area contributed by atoms with E-state index in [1.807, 2.05) is 0 Å². The third kappa shape index (κ3) is 2.34. The van der Waals surface area contributed by atoms with E-state index in [2.05, 4.69) is 6.92 Å². The Bertz CT molecular complexity index is 414. The number of hydrogen-bond acceptors (Lipinski definition) is 3. The fourth-order valence-corrected chi connectivity index (χ4v) is 5.47. The molecule has 2 fully saturated rings. The molecule has 2 rings (SSSR count). The molecule has 1 aliphatic carbocycles. The molecule has 1 aliphatic heterocycles. The molecular formula is C12H20O4S. The molecule has 0 aromatic heterocycles. The Hall–Kier alpha value is -0.580. The van der Waals surface area contributed by atoms with Crippen LogP contribution in [0.1, 0.15) is 39.0 Å². The van der Waals surface area contributed by atoms with Gasteiger partial charge in [-0.2, -0.15) is 0 Å². The standard InChI is InChI=1S/C12H20O4S/c1-9-3-2-5-12(7-9,11(13)14)10-4-6-17(15,16)8-10/h9-10H,2-8H2,1H3,(H,13,14). The van der Waals surface area contributed by atoms with Crippen molar-refractivity contribution in [1.82, 2.24) is 0 Å². The normalized spacial score (nSPS) is 41.2. The Balaban J connectivity index is 2.26. The first kappa shape index (κ1) is 12.9. The summed E-state index contributed by atoms with van der Waals surface area (Å²) in [6.45, 7) is 2.07. The lowest BCUT2D eigenvalue weighted by Crippen LogP contribution is -2.43. The molecule has 3 atom stereocenters. The van der Waals surface area contributed by atoms with E-state index in [0.29, 0.717) is 25.2 Å². The SMILES string of the molecule is CC1CCCC(C(=O)O)(C2CCS(=O)(=O)C2)C1. The Kier molecular flexibility index (Phi) is 3.23. The number of hydrogen-bond donors (Lipinski definition) is 1. The van der Waals surface area contributed by atoms with Crippen molar-refractivity contribution in [3.63, 3.8) is 0 Å². The van der Waals surface area contributed by atoms with E-state index >= 15 is 0 Å². The highest BCUT2D eigenvalue weighted by Crippen LogP contribution is 2.48. The first-order chi connectivity index (χ1) is 7.86. The second-order valence-corrected chi connectivity index (χ2v) is 7.99. The summed E-state index contributed by atoms with van der Waals surface area (Å²) in [5.74, 6) is -0.324. The molecule has 17 heavy (non-hydrogen) atoms. The lowest BCUT2D eigenvalue weighted by atomic mass is 9.63. The zero-order chi connectivity index (χ0) is 12.7. The molecule has 5 heteroatoms. The Morgan fingerprint density at radius 3 is 2.53 bits per heavy atom. The summed E-state index contributed by atoms with van der Waals surface area (Å²) in [6, 6.07) is 0. The number of aliphatic carboxylic acids is 1. The molecule has 98 valence electrons. The first-order valence-electron chi connectivity index (χ1n) is 6.29. The van der Waals surface area contributed by atoms with Gasteiger partial charge in [0.1, 0.15) is 0 Å². The van der Waals surface area contributed by atoms with Crippen molar-refractivity contribution in [2.75, 3.05) is 11.5 Å². The van der Waals surface area contributed by atoms with Crippen LogP contribution in [-0.4, -0.2) is 31.0 Å². The van der Waals surface area contributed by atoms with E-state index in [-0.39, 0.29) is 17.4 Å². The maximum Gasteiger partial charge on any atom is 0.309 e. The van der Waals surface area contributed by atoms with Gasteiger partial charge in [-0.05, 0) is 31.1 Å². The zero-order valence-corrected chi connectivity index (χ0v) is 11.0. The Morgan fingerprint density at radius 2 is 2.06 bits per heavy atom. The van der Waals surface area contributed by atoms with Crippen molar-refractivity contribution in [1.29, 1.82) is 0 Å². The third-order valence-electron chi connectivity index (χ3n) is 4.47. The van der Waals surface area contributed by atoms with Crippen LogP contribution in [0, 0.1) is 17.3 Å². The molecule has 4 nitrogen and oxygen atoms in total. The Morgan fingerprint density at radius 1 is 1.35 bits per heavy atom. The molecule has 0 bridgehead atoms. The van der Waals surface area contributed by atoms with Gasteiger partial charge in [-0.1, -0.05) is 19.8 Å². The highest BCUT2D eigenvalue weighted by atomic mass is 32.2. The van der Waals surface area contributed by atoms with Gasteiger partial charge in [0.05, 0.1) is 16.9 Å². The van der Waals surface area contributed by atoms with Crippen LogP contribution in [0.2, 0.25) is 0 Å². The molecule has 0 radical (unpaired) electrons. The van der Waals surface area contributed by atoms with Gasteiger partial charge in [0.2, 0.25) is 0 Å². The molecule has 1 N–H and O–H groups in total. The zero-order valence-electron chi connectivity index (χ0n) is 10.2. The van der Waals surface area contributed by atoms with Crippen LogP contribution in [0.25, 0.3) is 0 Å². The van der Waals surface area contributed by atoms with Crippen LogP contribution in [0.4, 0.5) is 0 Å². The van der Waals surface area contributed by atoms with Gasteiger partial charge in [-0.25, -0.2) is 8.42 Å². The minimum Gasteiger partial charge on any atom is -0.481 e. The molecule has 1 saturated heterocycles. The minimum atomic E-state index is -3.00. The van der Waals surface area contributed by atoms with Crippen molar-refractivity contribution in [3.8, 4) is 0 Å². The van der Waals surface area contributed by atoms with Crippen molar-refractivity contribution < 1.29 is 18.3 Å². The quantitative estimate of drug-likeness (QED) is 0.820. The Labute approximate surface area is 102 Å². The smallest absolute Gasteiger partial charge is 0.309 e. The summed E-state index contributed by atoms with van der Waals surface area (Å²) in [4.78, 5) is 11.6.